The number of carbonyl (C=O) groups is 1. The molecule has 1 aromatic heterocycles. The number of hydrogen-bond donors (Lipinski definition) is 1. The molecule has 0 saturated heterocycles. The van der Waals surface area contributed by atoms with Gasteiger partial charge >= 0.3 is 5.97 Å². The fraction of sp³-hybridized carbons (Fsp3) is 0.545. The summed E-state index contributed by atoms with van der Waals surface area (Å²) in [6.45, 7) is 5.91. The van der Waals surface area contributed by atoms with E-state index in [2.05, 4.69) is 9.97 Å². The lowest BCUT2D eigenvalue weighted by molar-refractivity contribution is -0.138. The maximum atomic E-state index is 10.8. The zero-order valence-electron chi connectivity index (χ0n) is 9.73. The van der Waals surface area contributed by atoms with Crippen LogP contribution in [0.1, 0.15) is 37.7 Å². The molecule has 0 aliphatic rings. The second-order valence-electron chi connectivity index (χ2n) is 3.61. The van der Waals surface area contributed by atoms with Crippen LogP contribution in [0.2, 0.25) is 0 Å². The lowest BCUT2D eigenvalue weighted by Crippen LogP contribution is -2.13. The molecule has 0 aromatic carbocycles. The monoisotopic (exact) mass is 224 g/mol. The van der Waals surface area contributed by atoms with Crippen LogP contribution >= 0.6 is 0 Å². The van der Waals surface area contributed by atoms with Crippen molar-refractivity contribution in [3.05, 3.63) is 17.6 Å². The molecule has 1 unspecified atom stereocenters. The zero-order chi connectivity index (χ0) is 12.1. The quantitative estimate of drug-likeness (QED) is 0.825. The number of aliphatic carboxylic acids is 1. The van der Waals surface area contributed by atoms with Crippen molar-refractivity contribution in [3.8, 4) is 5.88 Å². The van der Waals surface area contributed by atoms with Crippen LogP contribution in [-0.2, 0) is 4.79 Å². The highest BCUT2D eigenvalue weighted by atomic mass is 16.5. The Balaban J connectivity index is 2.93. The molecule has 0 amide bonds. The van der Waals surface area contributed by atoms with Gasteiger partial charge in [0.2, 0.25) is 5.88 Å². The Morgan fingerprint density at radius 3 is 2.81 bits per heavy atom. The average Bonchev–Trinajstić information content (AvgIpc) is 2.24. The van der Waals surface area contributed by atoms with Crippen LogP contribution in [0.4, 0.5) is 0 Å². The normalized spacial score (nSPS) is 12.2. The molecule has 88 valence electrons. The summed E-state index contributed by atoms with van der Waals surface area (Å²) < 4.78 is 5.36. The first-order chi connectivity index (χ1) is 7.54. The summed E-state index contributed by atoms with van der Waals surface area (Å²) in [7, 11) is 0. The van der Waals surface area contributed by atoms with Crippen LogP contribution in [0, 0.1) is 6.92 Å². The Kier molecular flexibility index (Phi) is 4.22. The molecule has 0 radical (unpaired) electrons. The van der Waals surface area contributed by atoms with Crippen molar-refractivity contribution in [1.82, 2.24) is 9.97 Å². The molecular weight excluding hydrogens is 208 g/mol. The van der Waals surface area contributed by atoms with Gasteiger partial charge in [-0.1, -0.05) is 6.92 Å². The number of rotatable bonds is 5. The van der Waals surface area contributed by atoms with E-state index in [1.807, 2.05) is 6.92 Å². The van der Waals surface area contributed by atoms with E-state index in [4.69, 9.17) is 9.84 Å². The van der Waals surface area contributed by atoms with Crippen LogP contribution in [0.25, 0.3) is 0 Å². The number of carboxylic acid groups (broad SMARTS) is 1. The molecule has 0 fully saturated rings. The van der Waals surface area contributed by atoms with E-state index in [-0.39, 0.29) is 0 Å². The van der Waals surface area contributed by atoms with E-state index in [0.717, 1.165) is 6.42 Å². The second-order valence-corrected chi connectivity index (χ2v) is 3.61. The summed E-state index contributed by atoms with van der Waals surface area (Å²) in [6, 6.07) is 1.70. The van der Waals surface area contributed by atoms with Crippen LogP contribution < -0.4 is 4.74 Å². The number of aromatic nitrogens is 2. The molecule has 0 saturated carbocycles. The van der Waals surface area contributed by atoms with E-state index < -0.39 is 11.9 Å². The van der Waals surface area contributed by atoms with Crippen molar-refractivity contribution in [2.24, 2.45) is 0 Å². The highest BCUT2D eigenvalue weighted by molar-refractivity contribution is 5.74. The van der Waals surface area contributed by atoms with Gasteiger partial charge in [0.25, 0.3) is 0 Å². The van der Waals surface area contributed by atoms with Gasteiger partial charge in [-0.15, -0.1) is 0 Å². The molecular formula is C11H16N2O3. The molecule has 1 atom stereocenters. The number of ether oxygens (including phenoxy) is 1. The SMILES string of the molecule is CCCOc1cc(C)nc(C(C)C(=O)O)n1. The molecule has 5 heteroatoms. The molecule has 5 nitrogen and oxygen atoms in total. The van der Waals surface area contributed by atoms with Crippen molar-refractivity contribution < 1.29 is 14.6 Å². The van der Waals surface area contributed by atoms with Crippen molar-refractivity contribution in [3.63, 3.8) is 0 Å². The molecule has 1 N–H and O–H groups in total. The van der Waals surface area contributed by atoms with Crippen LogP contribution in [0.3, 0.4) is 0 Å². The minimum absolute atomic E-state index is 0.290. The van der Waals surface area contributed by atoms with Gasteiger partial charge in [-0.05, 0) is 20.3 Å². The predicted molar refractivity (Wildman–Crippen MR) is 58.6 cm³/mol. The first-order valence-electron chi connectivity index (χ1n) is 5.25. The third kappa shape index (κ3) is 3.18. The highest BCUT2D eigenvalue weighted by Crippen LogP contribution is 2.16. The molecule has 0 spiro atoms. The number of nitrogens with zero attached hydrogens (tertiary/aromatic N) is 2. The number of aryl methyl sites for hydroxylation is 1. The van der Waals surface area contributed by atoms with E-state index in [1.54, 1.807) is 19.9 Å². The molecule has 1 aromatic rings. The first kappa shape index (κ1) is 12.4. The molecule has 0 bridgehead atoms. The van der Waals surface area contributed by atoms with Crippen molar-refractivity contribution in [2.45, 2.75) is 33.1 Å². The number of carboxylic acids is 1. The second kappa shape index (κ2) is 5.44. The molecule has 1 heterocycles. The predicted octanol–water partition coefficient (Wildman–Crippen LogP) is 1.76. The first-order valence-corrected chi connectivity index (χ1v) is 5.25. The van der Waals surface area contributed by atoms with Gasteiger partial charge in [-0.3, -0.25) is 4.79 Å². The van der Waals surface area contributed by atoms with E-state index in [1.165, 1.54) is 0 Å². The van der Waals surface area contributed by atoms with Crippen LogP contribution in [0.5, 0.6) is 5.88 Å². The molecule has 1 rings (SSSR count). The maximum Gasteiger partial charge on any atom is 0.313 e. The Morgan fingerprint density at radius 2 is 2.25 bits per heavy atom. The lowest BCUT2D eigenvalue weighted by Gasteiger charge is -2.09. The smallest absolute Gasteiger partial charge is 0.313 e. The van der Waals surface area contributed by atoms with Crippen molar-refractivity contribution in [2.75, 3.05) is 6.61 Å². The van der Waals surface area contributed by atoms with E-state index >= 15 is 0 Å². The maximum absolute atomic E-state index is 10.8. The minimum atomic E-state index is -0.938. The van der Waals surface area contributed by atoms with Crippen LogP contribution in [0.15, 0.2) is 6.07 Å². The standard InChI is InChI=1S/C11H16N2O3/c1-4-5-16-9-6-7(2)12-10(13-9)8(3)11(14)15/h6,8H,4-5H2,1-3H3,(H,14,15). The summed E-state index contributed by atoms with van der Waals surface area (Å²) in [5, 5.41) is 8.87. The highest BCUT2D eigenvalue weighted by Gasteiger charge is 2.18. The zero-order valence-corrected chi connectivity index (χ0v) is 9.73. The average molecular weight is 224 g/mol. The van der Waals surface area contributed by atoms with Crippen molar-refractivity contribution in [1.29, 1.82) is 0 Å². The van der Waals surface area contributed by atoms with Gasteiger partial charge in [0.05, 0.1) is 6.61 Å². The summed E-state index contributed by atoms with van der Waals surface area (Å²) in [5.41, 5.74) is 0.712. The van der Waals surface area contributed by atoms with Crippen LogP contribution in [-0.4, -0.2) is 27.7 Å². The number of hydrogen-bond acceptors (Lipinski definition) is 4. The summed E-state index contributed by atoms with van der Waals surface area (Å²) in [5.74, 6) is -0.924. The van der Waals surface area contributed by atoms with Gasteiger partial charge in [-0.25, -0.2) is 4.98 Å². The van der Waals surface area contributed by atoms with E-state index in [9.17, 15) is 4.79 Å². The van der Waals surface area contributed by atoms with E-state index in [0.29, 0.717) is 24.0 Å². The summed E-state index contributed by atoms with van der Waals surface area (Å²) in [6.07, 6.45) is 0.882. The van der Waals surface area contributed by atoms with Gasteiger partial charge in [0.1, 0.15) is 11.7 Å². The van der Waals surface area contributed by atoms with Gasteiger partial charge < -0.3 is 9.84 Å². The Labute approximate surface area is 94.5 Å². The summed E-state index contributed by atoms with van der Waals surface area (Å²) >= 11 is 0. The molecule has 0 aliphatic carbocycles. The third-order valence-corrected chi connectivity index (χ3v) is 2.06. The largest absolute Gasteiger partial charge is 0.481 e. The lowest BCUT2D eigenvalue weighted by atomic mass is 10.1. The Hall–Kier alpha value is -1.65. The topological polar surface area (TPSA) is 72.3 Å². The van der Waals surface area contributed by atoms with Gasteiger partial charge in [-0.2, -0.15) is 4.98 Å². The Bertz CT molecular complexity index is 379. The molecule has 16 heavy (non-hydrogen) atoms. The fourth-order valence-corrected chi connectivity index (χ4v) is 1.15. The minimum Gasteiger partial charge on any atom is -0.481 e. The fourth-order valence-electron chi connectivity index (χ4n) is 1.15. The van der Waals surface area contributed by atoms with Gasteiger partial charge in [0, 0.05) is 11.8 Å². The van der Waals surface area contributed by atoms with Gasteiger partial charge in [0.15, 0.2) is 0 Å². The Morgan fingerprint density at radius 1 is 1.56 bits per heavy atom. The third-order valence-electron chi connectivity index (χ3n) is 2.06. The molecule has 0 aliphatic heterocycles. The van der Waals surface area contributed by atoms with Crippen molar-refractivity contribution >= 4 is 5.97 Å². The summed E-state index contributed by atoms with van der Waals surface area (Å²) in [4.78, 5) is 19.0.